The fourth-order valence-corrected chi connectivity index (χ4v) is 2.07. The van der Waals surface area contributed by atoms with Gasteiger partial charge in [0.05, 0.1) is 12.3 Å². The van der Waals surface area contributed by atoms with E-state index in [1.807, 2.05) is 38.1 Å². The highest BCUT2D eigenvalue weighted by Gasteiger charge is 2.10. The summed E-state index contributed by atoms with van der Waals surface area (Å²) in [7, 11) is 3.92. The molecular formula is C15H21BrN2O2. The number of alkyl halides is 1. The average molecular weight is 341 g/mol. The van der Waals surface area contributed by atoms with Gasteiger partial charge in [-0.05, 0) is 50.0 Å². The number of aromatic nitrogens is 1. The molecule has 0 radical (unpaired) electrons. The zero-order valence-corrected chi connectivity index (χ0v) is 13.7. The fraction of sp³-hybridized carbons (Fsp3) is 0.400. The maximum absolute atomic E-state index is 12.3. The fourth-order valence-electron chi connectivity index (χ4n) is 1.75. The Hall–Kier alpha value is -1.17. The van der Waals surface area contributed by atoms with Crippen LogP contribution < -0.4 is 10.6 Å². The van der Waals surface area contributed by atoms with Crippen LogP contribution in [0.5, 0.6) is 0 Å². The number of ketones is 1. The van der Waals surface area contributed by atoms with Gasteiger partial charge in [-0.1, -0.05) is 22.0 Å². The molecule has 0 aromatic carbocycles. The van der Waals surface area contributed by atoms with Crippen LogP contribution in [0.2, 0.25) is 0 Å². The van der Waals surface area contributed by atoms with E-state index in [0.717, 1.165) is 17.1 Å². The van der Waals surface area contributed by atoms with Gasteiger partial charge in [-0.15, -0.1) is 0 Å². The van der Waals surface area contributed by atoms with E-state index < -0.39 is 0 Å². The van der Waals surface area contributed by atoms with Crippen LogP contribution in [0.1, 0.15) is 17.4 Å². The van der Waals surface area contributed by atoms with Gasteiger partial charge >= 0.3 is 0 Å². The second-order valence-electron chi connectivity index (χ2n) is 4.78. The number of nitrogens with one attached hydrogen (secondary N) is 1. The van der Waals surface area contributed by atoms with Crippen molar-refractivity contribution in [1.29, 1.82) is 0 Å². The second kappa shape index (κ2) is 8.19. The van der Waals surface area contributed by atoms with Gasteiger partial charge in [0.2, 0.25) is 5.78 Å². The normalized spacial score (nSPS) is 14.4. The van der Waals surface area contributed by atoms with E-state index in [9.17, 15) is 4.79 Å². The van der Waals surface area contributed by atoms with Crippen LogP contribution in [-0.4, -0.2) is 53.4 Å². The van der Waals surface area contributed by atoms with Crippen molar-refractivity contribution in [2.75, 3.05) is 32.6 Å². The number of allylic oxidation sites excluding steroid dienone is 1. The van der Waals surface area contributed by atoms with Gasteiger partial charge in [-0.3, -0.25) is 4.79 Å². The van der Waals surface area contributed by atoms with E-state index in [0.29, 0.717) is 16.6 Å². The van der Waals surface area contributed by atoms with Crippen LogP contribution >= 0.6 is 15.9 Å². The Balaban J connectivity index is 3.12. The summed E-state index contributed by atoms with van der Waals surface area (Å²) < 4.78 is 0. The van der Waals surface area contributed by atoms with Crippen molar-refractivity contribution in [3.63, 3.8) is 0 Å². The van der Waals surface area contributed by atoms with Crippen molar-refractivity contribution in [3.8, 4) is 0 Å². The zero-order valence-electron chi connectivity index (χ0n) is 12.1. The number of rotatable bonds is 6. The average Bonchev–Trinajstić information content (AvgIpc) is 2.79. The Morgan fingerprint density at radius 1 is 1.45 bits per heavy atom. The zero-order chi connectivity index (χ0) is 15.1. The van der Waals surface area contributed by atoms with Gasteiger partial charge in [0, 0.05) is 17.2 Å². The van der Waals surface area contributed by atoms with Gasteiger partial charge in [0.25, 0.3) is 0 Å². The van der Waals surface area contributed by atoms with E-state index in [-0.39, 0.29) is 12.4 Å². The number of Topliss-reactive ketones (excluding diaryl/α,β-unsaturated/α-hetero) is 1. The highest BCUT2D eigenvalue weighted by Crippen LogP contribution is 2.03. The van der Waals surface area contributed by atoms with Gasteiger partial charge in [0.1, 0.15) is 0 Å². The molecule has 1 aromatic rings. The van der Waals surface area contributed by atoms with Crippen LogP contribution in [0, 0.1) is 0 Å². The Labute approximate surface area is 127 Å². The van der Waals surface area contributed by atoms with E-state index in [1.165, 1.54) is 0 Å². The smallest absolute Gasteiger partial charge is 0.204 e. The van der Waals surface area contributed by atoms with E-state index in [2.05, 4.69) is 20.9 Å². The molecule has 0 amide bonds. The Kier molecular flexibility index (Phi) is 6.91. The molecule has 1 aromatic heterocycles. The number of hydrogen-bond acceptors (Lipinski definition) is 3. The van der Waals surface area contributed by atoms with Gasteiger partial charge in [0.15, 0.2) is 0 Å². The molecule has 1 rings (SSSR count). The molecule has 0 fully saturated rings. The molecule has 0 aliphatic heterocycles. The summed E-state index contributed by atoms with van der Waals surface area (Å²) in [5.74, 6) is -0.0198. The lowest BCUT2D eigenvalue weighted by Crippen LogP contribution is -2.22. The van der Waals surface area contributed by atoms with Crippen molar-refractivity contribution < 1.29 is 9.90 Å². The van der Waals surface area contributed by atoms with Crippen molar-refractivity contribution in [1.82, 2.24) is 9.88 Å². The quantitative estimate of drug-likeness (QED) is 0.454. The number of aromatic amines is 1. The summed E-state index contributed by atoms with van der Waals surface area (Å²) in [4.78, 5) is 17.4. The first-order valence-electron chi connectivity index (χ1n) is 6.42. The molecule has 0 saturated heterocycles. The number of hydrogen-bond donors (Lipinski definition) is 2. The lowest BCUT2D eigenvalue weighted by molar-refractivity contribution is 0.103. The first-order chi connectivity index (χ1) is 9.49. The molecular weight excluding hydrogens is 320 g/mol. The minimum Gasteiger partial charge on any atom is -0.392 e. The molecule has 0 atom stereocenters. The van der Waals surface area contributed by atoms with Gasteiger partial charge in [-0.25, -0.2) is 0 Å². The molecule has 0 aliphatic carbocycles. The number of aliphatic hydroxyl groups is 1. The summed E-state index contributed by atoms with van der Waals surface area (Å²) in [6.45, 7) is 2.49. The molecule has 20 heavy (non-hydrogen) atoms. The predicted molar refractivity (Wildman–Crippen MR) is 86.5 cm³/mol. The summed E-state index contributed by atoms with van der Waals surface area (Å²) in [5, 5.41) is 11.4. The molecule has 110 valence electrons. The molecule has 0 spiro atoms. The lowest BCUT2D eigenvalue weighted by Gasteiger charge is -2.05. The largest absolute Gasteiger partial charge is 0.392 e. The highest BCUT2D eigenvalue weighted by molar-refractivity contribution is 9.09. The van der Waals surface area contributed by atoms with Crippen LogP contribution in [-0.2, 0) is 0 Å². The van der Waals surface area contributed by atoms with Crippen LogP contribution in [0.25, 0.3) is 12.2 Å². The summed E-state index contributed by atoms with van der Waals surface area (Å²) in [5.41, 5.74) is 1.25. The number of aliphatic hydroxyl groups excluding tert-OH is 1. The first-order valence-corrected chi connectivity index (χ1v) is 7.54. The molecule has 2 N–H and O–H groups in total. The Morgan fingerprint density at radius 2 is 2.15 bits per heavy atom. The minimum absolute atomic E-state index is 0.0198. The van der Waals surface area contributed by atoms with Crippen molar-refractivity contribution >= 4 is 33.9 Å². The number of H-pyrrole nitrogens is 1. The highest BCUT2D eigenvalue weighted by atomic mass is 79.9. The SMILES string of the molecule is C/C(=C\CN(C)C)C(=O)c1cc(=C/CO)/c(=C\CBr)[nH]1. The number of halogens is 1. The first kappa shape index (κ1) is 16.9. The maximum atomic E-state index is 12.3. The molecule has 0 saturated carbocycles. The minimum atomic E-state index is -0.0515. The van der Waals surface area contributed by atoms with E-state index >= 15 is 0 Å². The second-order valence-corrected chi connectivity index (χ2v) is 5.42. The topological polar surface area (TPSA) is 56.3 Å². The van der Waals surface area contributed by atoms with Crippen LogP contribution in [0.3, 0.4) is 0 Å². The summed E-state index contributed by atoms with van der Waals surface area (Å²) in [6.07, 6.45) is 5.52. The van der Waals surface area contributed by atoms with Crippen molar-refractivity contribution in [2.24, 2.45) is 0 Å². The third-order valence-electron chi connectivity index (χ3n) is 2.84. The summed E-state index contributed by atoms with van der Waals surface area (Å²) >= 11 is 3.33. The number of nitrogens with zero attached hydrogens (tertiary/aromatic N) is 1. The predicted octanol–water partition coefficient (Wildman–Crippen LogP) is 0.654. The third-order valence-corrected chi connectivity index (χ3v) is 3.16. The maximum Gasteiger partial charge on any atom is 0.204 e. The molecule has 0 bridgehead atoms. The number of carbonyl (C=O) groups is 1. The third kappa shape index (κ3) is 4.74. The van der Waals surface area contributed by atoms with Gasteiger partial charge in [-0.2, -0.15) is 0 Å². The molecule has 0 aliphatic rings. The van der Waals surface area contributed by atoms with E-state index in [4.69, 9.17) is 5.11 Å². The van der Waals surface area contributed by atoms with Gasteiger partial charge < -0.3 is 15.0 Å². The monoisotopic (exact) mass is 340 g/mol. The van der Waals surface area contributed by atoms with E-state index in [1.54, 1.807) is 12.1 Å². The molecule has 5 heteroatoms. The van der Waals surface area contributed by atoms with Crippen LogP contribution in [0.15, 0.2) is 17.7 Å². The van der Waals surface area contributed by atoms with Crippen molar-refractivity contribution in [3.05, 3.63) is 34.0 Å². The standard InChI is InChI=1S/C15H21BrN2O2/c1-11(5-8-18(2)3)15(20)14-10-12(6-9-19)13(17-14)4-7-16/h4-6,10,17,19H,7-9H2,1-3H3/b11-5+,12-6-,13-4+. The lowest BCUT2D eigenvalue weighted by atomic mass is 10.1. The van der Waals surface area contributed by atoms with Crippen LogP contribution in [0.4, 0.5) is 0 Å². The summed E-state index contributed by atoms with van der Waals surface area (Å²) in [6, 6.07) is 1.78. The number of carbonyl (C=O) groups excluding carboxylic acids is 1. The molecule has 4 nitrogen and oxygen atoms in total. The Morgan fingerprint density at radius 3 is 2.70 bits per heavy atom. The Bertz CT molecular complexity index is 566. The molecule has 0 unspecified atom stereocenters. The van der Waals surface area contributed by atoms with Crippen molar-refractivity contribution in [2.45, 2.75) is 6.92 Å². The number of likely N-dealkylation sites (N-methyl/N-ethyl adjacent to an activating group) is 1. The molecule has 1 heterocycles.